The average Bonchev–Trinajstić information content (AvgIpc) is 3.09. The summed E-state index contributed by atoms with van der Waals surface area (Å²) in [6, 6.07) is 17.0. The Morgan fingerprint density at radius 1 is 1.08 bits per heavy atom. The largest absolute Gasteiger partial charge is 0.484 e. The SMILES string of the molecule is CCc1ccc(OCC(=O)Nc2ccnn2Cc2ccc(Cl)cc2)cc1. The number of halogens is 1. The number of carbonyl (C=O) groups is 1. The molecule has 0 fully saturated rings. The van der Waals surface area contributed by atoms with E-state index in [-0.39, 0.29) is 12.5 Å². The summed E-state index contributed by atoms with van der Waals surface area (Å²) in [5.41, 5.74) is 2.27. The number of aromatic nitrogens is 2. The topological polar surface area (TPSA) is 56.1 Å². The monoisotopic (exact) mass is 369 g/mol. The first-order valence-electron chi connectivity index (χ1n) is 8.42. The third-order valence-electron chi connectivity index (χ3n) is 3.93. The standard InChI is InChI=1S/C20H20ClN3O2/c1-2-15-5-9-18(10-6-15)26-14-20(25)23-19-11-12-22-24(19)13-16-3-7-17(21)8-4-16/h3-12H,2,13-14H2,1H3,(H,23,25). The molecule has 0 saturated heterocycles. The van der Waals surface area contributed by atoms with Crippen LogP contribution < -0.4 is 10.1 Å². The molecule has 3 rings (SSSR count). The fourth-order valence-corrected chi connectivity index (χ4v) is 2.60. The fourth-order valence-electron chi connectivity index (χ4n) is 2.48. The van der Waals surface area contributed by atoms with Gasteiger partial charge in [-0.1, -0.05) is 42.8 Å². The molecule has 2 aromatic carbocycles. The van der Waals surface area contributed by atoms with Crippen LogP contribution in [0.25, 0.3) is 0 Å². The van der Waals surface area contributed by atoms with Gasteiger partial charge < -0.3 is 10.1 Å². The van der Waals surface area contributed by atoms with Crippen LogP contribution >= 0.6 is 11.6 Å². The summed E-state index contributed by atoms with van der Waals surface area (Å²) in [6.07, 6.45) is 2.62. The Hall–Kier alpha value is -2.79. The van der Waals surface area contributed by atoms with Crippen LogP contribution in [-0.4, -0.2) is 22.3 Å². The zero-order valence-corrected chi connectivity index (χ0v) is 15.2. The van der Waals surface area contributed by atoms with Crippen molar-refractivity contribution >= 4 is 23.3 Å². The molecule has 1 N–H and O–H groups in total. The highest BCUT2D eigenvalue weighted by atomic mass is 35.5. The normalized spacial score (nSPS) is 10.5. The van der Waals surface area contributed by atoms with E-state index in [2.05, 4.69) is 17.3 Å². The first-order chi connectivity index (χ1) is 12.6. The Labute approximate surface area is 157 Å². The van der Waals surface area contributed by atoms with Crippen LogP contribution in [-0.2, 0) is 17.8 Å². The minimum Gasteiger partial charge on any atom is -0.484 e. The maximum Gasteiger partial charge on any atom is 0.263 e. The molecule has 0 aliphatic heterocycles. The maximum atomic E-state index is 12.2. The molecule has 0 unspecified atom stereocenters. The van der Waals surface area contributed by atoms with Crippen molar-refractivity contribution in [1.82, 2.24) is 9.78 Å². The van der Waals surface area contributed by atoms with Crippen LogP contribution in [0, 0.1) is 0 Å². The van der Waals surface area contributed by atoms with Gasteiger partial charge in [0.25, 0.3) is 5.91 Å². The molecule has 0 radical (unpaired) electrons. The minimum atomic E-state index is -0.234. The highest BCUT2D eigenvalue weighted by Gasteiger charge is 2.09. The summed E-state index contributed by atoms with van der Waals surface area (Å²) in [5, 5.41) is 7.76. The number of ether oxygens (including phenoxy) is 1. The van der Waals surface area contributed by atoms with Crippen LogP contribution in [0.5, 0.6) is 5.75 Å². The van der Waals surface area contributed by atoms with E-state index in [0.29, 0.717) is 23.1 Å². The first kappa shape index (κ1) is 18.0. The molecular formula is C20H20ClN3O2. The van der Waals surface area contributed by atoms with Crippen LogP contribution in [0.1, 0.15) is 18.1 Å². The van der Waals surface area contributed by atoms with Gasteiger partial charge >= 0.3 is 0 Å². The quantitative estimate of drug-likeness (QED) is 0.680. The number of benzene rings is 2. The van der Waals surface area contributed by atoms with Gasteiger partial charge in [0.05, 0.1) is 12.7 Å². The summed E-state index contributed by atoms with van der Waals surface area (Å²) in [4.78, 5) is 12.2. The zero-order valence-electron chi connectivity index (χ0n) is 14.5. The van der Waals surface area contributed by atoms with Gasteiger partial charge in [0, 0.05) is 11.1 Å². The van der Waals surface area contributed by atoms with E-state index in [4.69, 9.17) is 16.3 Å². The molecule has 134 valence electrons. The van der Waals surface area contributed by atoms with Crippen LogP contribution in [0.4, 0.5) is 5.82 Å². The number of anilines is 1. The molecule has 5 nitrogen and oxygen atoms in total. The molecule has 1 amide bonds. The van der Waals surface area contributed by atoms with E-state index < -0.39 is 0 Å². The van der Waals surface area contributed by atoms with Gasteiger partial charge in [-0.3, -0.25) is 4.79 Å². The smallest absolute Gasteiger partial charge is 0.263 e. The number of amides is 1. The number of rotatable bonds is 7. The van der Waals surface area contributed by atoms with E-state index in [9.17, 15) is 4.79 Å². The Morgan fingerprint density at radius 2 is 1.77 bits per heavy atom. The second kappa shape index (κ2) is 8.54. The average molecular weight is 370 g/mol. The second-order valence-corrected chi connectivity index (χ2v) is 6.27. The Kier molecular flexibility index (Phi) is 5.92. The van der Waals surface area contributed by atoms with Gasteiger partial charge in [-0.2, -0.15) is 5.10 Å². The van der Waals surface area contributed by atoms with Crippen molar-refractivity contribution in [3.05, 3.63) is 76.9 Å². The fraction of sp³-hybridized carbons (Fsp3) is 0.200. The predicted molar refractivity (Wildman–Crippen MR) is 103 cm³/mol. The molecule has 3 aromatic rings. The summed E-state index contributed by atoms with van der Waals surface area (Å²) in [5.74, 6) is 1.06. The number of nitrogens with zero attached hydrogens (tertiary/aromatic N) is 2. The van der Waals surface area contributed by atoms with Gasteiger partial charge in [-0.05, 0) is 41.8 Å². The van der Waals surface area contributed by atoms with E-state index in [1.807, 2.05) is 48.5 Å². The number of nitrogens with one attached hydrogen (secondary N) is 1. The van der Waals surface area contributed by atoms with Gasteiger partial charge in [0.1, 0.15) is 11.6 Å². The maximum absolute atomic E-state index is 12.2. The van der Waals surface area contributed by atoms with E-state index >= 15 is 0 Å². The van der Waals surface area contributed by atoms with Crippen molar-refractivity contribution in [1.29, 1.82) is 0 Å². The Balaban J connectivity index is 1.56. The first-order valence-corrected chi connectivity index (χ1v) is 8.79. The lowest BCUT2D eigenvalue weighted by atomic mass is 10.2. The summed E-state index contributed by atoms with van der Waals surface area (Å²) >= 11 is 5.90. The predicted octanol–water partition coefficient (Wildman–Crippen LogP) is 4.16. The highest BCUT2D eigenvalue weighted by molar-refractivity contribution is 6.30. The lowest BCUT2D eigenvalue weighted by Gasteiger charge is -2.10. The third-order valence-corrected chi connectivity index (χ3v) is 4.18. The van der Waals surface area contributed by atoms with Gasteiger partial charge in [0.2, 0.25) is 0 Å². The van der Waals surface area contributed by atoms with E-state index in [0.717, 1.165) is 12.0 Å². The van der Waals surface area contributed by atoms with Crippen molar-refractivity contribution in [2.24, 2.45) is 0 Å². The Bertz CT molecular complexity index is 858. The molecule has 26 heavy (non-hydrogen) atoms. The van der Waals surface area contributed by atoms with Crippen molar-refractivity contribution in [3.63, 3.8) is 0 Å². The molecule has 1 aromatic heterocycles. The van der Waals surface area contributed by atoms with Gasteiger partial charge in [-0.25, -0.2) is 4.68 Å². The summed E-state index contributed by atoms with van der Waals surface area (Å²) < 4.78 is 7.25. The lowest BCUT2D eigenvalue weighted by Crippen LogP contribution is -2.22. The van der Waals surface area contributed by atoms with Crippen LogP contribution in [0.3, 0.4) is 0 Å². The van der Waals surface area contributed by atoms with E-state index in [1.165, 1.54) is 5.56 Å². The van der Waals surface area contributed by atoms with Crippen molar-refractivity contribution in [2.75, 3.05) is 11.9 Å². The lowest BCUT2D eigenvalue weighted by molar-refractivity contribution is -0.118. The van der Waals surface area contributed by atoms with Crippen molar-refractivity contribution in [2.45, 2.75) is 19.9 Å². The van der Waals surface area contributed by atoms with Crippen LogP contribution in [0.15, 0.2) is 60.8 Å². The second-order valence-electron chi connectivity index (χ2n) is 5.83. The molecule has 0 saturated carbocycles. The van der Waals surface area contributed by atoms with Gasteiger partial charge in [0.15, 0.2) is 6.61 Å². The number of aryl methyl sites for hydroxylation is 1. The minimum absolute atomic E-state index is 0.0579. The van der Waals surface area contributed by atoms with Crippen molar-refractivity contribution < 1.29 is 9.53 Å². The van der Waals surface area contributed by atoms with Crippen LogP contribution in [0.2, 0.25) is 5.02 Å². The molecule has 0 bridgehead atoms. The highest BCUT2D eigenvalue weighted by Crippen LogP contribution is 2.15. The Morgan fingerprint density at radius 3 is 2.46 bits per heavy atom. The summed E-state index contributed by atoms with van der Waals surface area (Å²) in [7, 11) is 0. The molecule has 0 aliphatic carbocycles. The number of hydrogen-bond acceptors (Lipinski definition) is 3. The molecular weight excluding hydrogens is 350 g/mol. The zero-order chi connectivity index (χ0) is 18.4. The number of carbonyl (C=O) groups excluding carboxylic acids is 1. The molecule has 6 heteroatoms. The van der Waals surface area contributed by atoms with Gasteiger partial charge in [-0.15, -0.1) is 0 Å². The molecule has 0 atom stereocenters. The molecule has 0 aliphatic rings. The number of hydrogen-bond donors (Lipinski definition) is 1. The molecule has 0 spiro atoms. The van der Waals surface area contributed by atoms with Crippen molar-refractivity contribution in [3.8, 4) is 5.75 Å². The van der Waals surface area contributed by atoms with E-state index in [1.54, 1.807) is 16.9 Å². The summed E-state index contributed by atoms with van der Waals surface area (Å²) in [6.45, 7) is 2.58. The third kappa shape index (κ3) is 4.86. The molecule has 1 heterocycles.